The molecule has 0 saturated heterocycles. The van der Waals surface area contributed by atoms with E-state index < -0.39 is 0 Å². The maximum atomic E-state index is 13.3. The number of benzene rings is 1. The molecule has 0 amide bonds. The number of aliphatic hydroxyl groups excluding tert-OH is 1. The van der Waals surface area contributed by atoms with Crippen LogP contribution in [0.5, 0.6) is 0 Å². The second-order valence-electron chi connectivity index (χ2n) is 7.19. The highest BCUT2D eigenvalue weighted by Gasteiger charge is 2.35. The molecule has 1 aromatic heterocycles. The van der Waals surface area contributed by atoms with Crippen molar-refractivity contribution >= 4 is 0 Å². The van der Waals surface area contributed by atoms with Gasteiger partial charge in [-0.3, -0.25) is 4.68 Å². The Kier molecular flexibility index (Phi) is 5.54. The summed E-state index contributed by atoms with van der Waals surface area (Å²) >= 11 is 0. The number of halogens is 1. The van der Waals surface area contributed by atoms with Crippen LogP contribution in [0.25, 0.3) is 0 Å². The molecule has 5 heteroatoms. The lowest BCUT2D eigenvalue weighted by atomic mass is 9.78. The molecule has 3 rings (SSSR count). The molecule has 0 spiro atoms. The standard InChI is InChI=1S/C20H28FN3O/c1-15-19(16(2)24(23-15)11-12-25)13-22-14-20(9-3-4-10-20)17-5-7-18(21)8-6-17/h5-8,22,25H,3-4,9-14H2,1-2H3. The molecule has 0 unspecified atom stereocenters. The molecule has 0 radical (unpaired) electrons. The number of hydrogen-bond acceptors (Lipinski definition) is 3. The largest absolute Gasteiger partial charge is 0.394 e. The van der Waals surface area contributed by atoms with Crippen LogP contribution in [0.1, 0.15) is 48.2 Å². The second-order valence-corrected chi connectivity index (χ2v) is 7.19. The summed E-state index contributed by atoms with van der Waals surface area (Å²) in [6, 6.07) is 7.03. The molecule has 4 nitrogen and oxygen atoms in total. The maximum Gasteiger partial charge on any atom is 0.123 e. The van der Waals surface area contributed by atoms with E-state index in [1.165, 1.54) is 24.0 Å². The maximum absolute atomic E-state index is 13.3. The first kappa shape index (κ1) is 18.1. The molecule has 1 heterocycles. The zero-order valence-electron chi connectivity index (χ0n) is 15.2. The first-order chi connectivity index (χ1) is 12.1. The van der Waals surface area contributed by atoms with Crippen molar-refractivity contribution in [2.24, 2.45) is 0 Å². The van der Waals surface area contributed by atoms with Crippen LogP contribution < -0.4 is 5.32 Å². The summed E-state index contributed by atoms with van der Waals surface area (Å²) in [4.78, 5) is 0. The van der Waals surface area contributed by atoms with Gasteiger partial charge in [0, 0.05) is 29.8 Å². The monoisotopic (exact) mass is 345 g/mol. The van der Waals surface area contributed by atoms with E-state index in [2.05, 4.69) is 17.3 Å². The van der Waals surface area contributed by atoms with Crippen LogP contribution in [0.2, 0.25) is 0 Å². The third-order valence-corrected chi connectivity index (χ3v) is 5.63. The van der Waals surface area contributed by atoms with Gasteiger partial charge in [0.15, 0.2) is 0 Å². The van der Waals surface area contributed by atoms with Crippen molar-refractivity contribution in [3.8, 4) is 0 Å². The van der Waals surface area contributed by atoms with E-state index in [1.807, 2.05) is 23.7 Å². The van der Waals surface area contributed by atoms with Gasteiger partial charge in [-0.1, -0.05) is 25.0 Å². The lowest BCUT2D eigenvalue weighted by Crippen LogP contribution is -2.35. The molecule has 1 aromatic carbocycles. The summed E-state index contributed by atoms with van der Waals surface area (Å²) in [7, 11) is 0. The molecule has 1 saturated carbocycles. The van der Waals surface area contributed by atoms with Crippen LogP contribution in [-0.2, 0) is 18.5 Å². The highest BCUT2D eigenvalue weighted by molar-refractivity contribution is 5.28. The number of aromatic nitrogens is 2. The number of aryl methyl sites for hydroxylation is 1. The normalized spacial score (nSPS) is 16.5. The molecule has 1 aliphatic rings. The Balaban J connectivity index is 1.70. The molecule has 1 fully saturated rings. The molecular formula is C20H28FN3O. The van der Waals surface area contributed by atoms with E-state index in [0.29, 0.717) is 6.54 Å². The topological polar surface area (TPSA) is 50.1 Å². The van der Waals surface area contributed by atoms with Crippen molar-refractivity contribution in [2.75, 3.05) is 13.2 Å². The van der Waals surface area contributed by atoms with Crippen LogP contribution in [0.15, 0.2) is 24.3 Å². The van der Waals surface area contributed by atoms with E-state index >= 15 is 0 Å². The number of hydrogen-bond donors (Lipinski definition) is 2. The molecule has 136 valence electrons. The third-order valence-electron chi connectivity index (χ3n) is 5.63. The summed E-state index contributed by atoms with van der Waals surface area (Å²) in [5.74, 6) is -0.174. The molecule has 1 aliphatic carbocycles. The summed E-state index contributed by atoms with van der Waals surface area (Å²) in [5, 5.41) is 17.3. The van der Waals surface area contributed by atoms with Crippen molar-refractivity contribution in [3.63, 3.8) is 0 Å². The Labute approximate surface area is 149 Å². The summed E-state index contributed by atoms with van der Waals surface area (Å²) < 4.78 is 15.2. The Morgan fingerprint density at radius 3 is 2.52 bits per heavy atom. The fourth-order valence-electron chi connectivity index (χ4n) is 4.15. The second kappa shape index (κ2) is 7.67. The van der Waals surface area contributed by atoms with Crippen molar-refractivity contribution < 1.29 is 9.50 Å². The van der Waals surface area contributed by atoms with Crippen LogP contribution in [-0.4, -0.2) is 28.0 Å². The molecule has 0 bridgehead atoms. The lowest BCUT2D eigenvalue weighted by Gasteiger charge is -2.30. The van der Waals surface area contributed by atoms with Crippen LogP contribution in [0, 0.1) is 19.7 Å². The molecule has 0 aliphatic heterocycles. The number of nitrogens with zero attached hydrogens (tertiary/aromatic N) is 2. The average molecular weight is 345 g/mol. The summed E-state index contributed by atoms with van der Waals surface area (Å²) in [6.45, 7) is 6.37. The van der Waals surface area contributed by atoms with E-state index in [9.17, 15) is 4.39 Å². The van der Waals surface area contributed by atoms with Gasteiger partial charge in [-0.25, -0.2) is 4.39 Å². The summed E-state index contributed by atoms with van der Waals surface area (Å²) in [6.07, 6.45) is 4.75. The van der Waals surface area contributed by atoms with Gasteiger partial charge in [-0.15, -0.1) is 0 Å². The SMILES string of the molecule is Cc1nn(CCO)c(C)c1CNCC1(c2ccc(F)cc2)CCCC1. The predicted molar refractivity (Wildman–Crippen MR) is 97.0 cm³/mol. The zero-order valence-corrected chi connectivity index (χ0v) is 15.2. The lowest BCUT2D eigenvalue weighted by molar-refractivity contribution is 0.267. The van der Waals surface area contributed by atoms with Crippen molar-refractivity contribution in [3.05, 3.63) is 52.6 Å². The number of rotatable bonds is 7. The number of aliphatic hydroxyl groups is 1. The minimum Gasteiger partial charge on any atom is -0.394 e. The fourth-order valence-corrected chi connectivity index (χ4v) is 4.15. The van der Waals surface area contributed by atoms with Gasteiger partial charge >= 0.3 is 0 Å². The highest BCUT2D eigenvalue weighted by atomic mass is 19.1. The Morgan fingerprint density at radius 1 is 1.20 bits per heavy atom. The Bertz CT molecular complexity index is 702. The van der Waals surface area contributed by atoms with Crippen molar-refractivity contribution in [1.29, 1.82) is 0 Å². The Morgan fingerprint density at radius 2 is 1.88 bits per heavy atom. The molecular weight excluding hydrogens is 317 g/mol. The molecule has 0 atom stereocenters. The van der Waals surface area contributed by atoms with Gasteiger partial charge in [0.2, 0.25) is 0 Å². The van der Waals surface area contributed by atoms with Gasteiger partial charge in [0.25, 0.3) is 0 Å². The van der Waals surface area contributed by atoms with Crippen LogP contribution >= 0.6 is 0 Å². The van der Waals surface area contributed by atoms with E-state index in [-0.39, 0.29) is 17.8 Å². The average Bonchev–Trinajstić information content (AvgIpc) is 3.17. The van der Waals surface area contributed by atoms with E-state index in [0.717, 1.165) is 37.3 Å². The van der Waals surface area contributed by atoms with Crippen molar-refractivity contribution in [1.82, 2.24) is 15.1 Å². The predicted octanol–water partition coefficient (Wildman–Crippen LogP) is 3.23. The minimum atomic E-state index is -0.174. The van der Waals surface area contributed by atoms with Gasteiger partial charge in [0.1, 0.15) is 5.82 Å². The molecule has 25 heavy (non-hydrogen) atoms. The van der Waals surface area contributed by atoms with Gasteiger partial charge in [-0.2, -0.15) is 5.10 Å². The van der Waals surface area contributed by atoms with E-state index in [4.69, 9.17) is 5.11 Å². The first-order valence-electron chi connectivity index (χ1n) is 9.16. The molecule has 2 N–H and O–H groups in total. The smallest absolute Gasteiger partial charge is 0.123 e. The van der Waals surface area contributed by atoms with E-state index in [1.54, 1.807) is 12.1 Å². The first-order valence-corrected chi connectivity index (χ1v) is 9.16. The minimum absolute atomic E-state index is 0.0997. The van der Waals surface area contributed by atoms with Gasteiger partial charge in [0.05, 0.1) is 18.8 Å². The van der Waals surface area contributed by atoms with Gasteiger partial charge < -0.3 is 10.4 Å². The van der Waals surface area contributed by atoms with Crippen LogP contribution in [0.4, 0.5) is 4.39 Å². The van der Waals surface area contributed by atoms with Gasteiger partial charge in [-0.05, 0) is 44.4 Å². The van der Waals surface area contributed by atoms with Crippen LogP contribution in [0.3, 0.4) is 0 Å². The van der Waals surface area contributed by atoms with Crippen molar-refractivity contribution in [2.45, 2.75) is 58.0 Å². The third kappa shape index (κ3) is 3.77. The zero-order chi connectivity index (χ0) is 17.9. The number of nitrogens with one attached hydrogen (secondary N) is 1. The quantitative estimate of drug-likeness (QED) is 0.810. The highest BCUT2D eigenvalue weighted by Crippen LogP contribution is 2.40. The Hall–Kier alpha value is -1.72. The fraction of sp³-hybridized carbons (Fsp3) is 0.550. The summed E-state index contributed by atoms with van der Waals surface area (Å²) in [5.41, 5.74) is 4.68. The molecule has 2 aromatic rings.